The van der Waals surface area contributed by atoms with Gasteiger partial charge >= 0.3 is 12.1 Å². The van der Waals surface area contributed by atoms with E-state index in [1.807, 2.05) is 0 Å². The van der Waals surface area contributed by atoms with Gasteiger partial charge in [0.05, 0.1) is 6.61 Å². The molecular formula is C22H23NO7. The van der Waals surface area contributed by atoms with Crippen LogP contribution in [0, 0.1) is 5.92 Å². The van der Waals surface area contributed by atoms with Gasteiger partial charge in [0.1, 0.15) is 18.5 Å². The van der Waals surface area contributed by atoms with Crippen molar-refractivity contribution >= 4 is 18.0 Å². The first-order valence-electron chi connectivity index (χ1n) is 9.23. The van der Waals surface area contributed by atoms with Crippen molar-refractivity contribution in [3.8, 4) is 5.75 Å². The smallest absolute Gasteiger partial charge is 0.414 e. The third-order valence-corrected chi connectivity index (χ3v) is 4.08. The van der Waals surface area contributed by atoms with Crippen LogP contribution in [0.1, 0.15) is 28.9 Å². The molecule has 0 heterocycles. The van der Waals surface area contributed by atoms with Crippen LogP contribution < -0.4 is 10.1 Å². The van der Waals surface area contributed by atoms with E-state index in [4.69, 9.17) is 19.7 Å². The zero-order valence-electron chi connectivity index (χ0n) is 16.4. The van der Waals surface area contributed by atoms with Crippen molar-refractivity contribution in [1.82, 2.24) is 5.32 Å². The number of carbonyl (C=O) groups excluding carboxylic acids is 2. The molecule has 0 aliphatic heterocycles. The number of ether oxygens (including phenoxy) is 2. The first-order chi connectivity index (χ1) is 14.4. The first kappa shape index (κ1) is 22.6. The number of aliphatic hydroxyl groups is 1. The summed E-state index contributed by atoms with van der Waals surface area (Å²) in [5.74, 6) is -1.96. The highest BCUT2D eigenvalue weighted by molar-refractivity contribution is 6.02. The summed E-state index contributed by atoms with van der Waals surface area (Å²) >= 11 is 0. The second-order valence-electron chi connectivity index (χ2n) is 6.31. The SMILES string of the molecule is C[C@@H](/C=C/C(=O)O)[C@@H](OC(=O)NC(=O)c1ccccc1)c1ccccc1OCCO. The molecule has 0 unspecified atom stereocenters. The van der Waals surface area contributed by atoms with Gasteiger partial charge in [0.25, 0.3) is 5.91 Å². The monoisotopic (exact) mass is 413 g/mol. The Labute approximate surface area is 173 Å². The number of nitrogens with one attached hydrogen (secondary N) is 1. The van der Waals surface area contributed by atoms with Crippen LogP contribution in [0.2, 0.25) is 0 Å². The fraction of sp³-hybridized carbons (Fsp3) is 0.227. The number of alkyl carbamates (subject to hydrolysis) is 1. The molecule has 0 spiro atoms. The van der Waals surface area contributed by atoms with E-state index < -0.39 is 30.0 Å². The minimum absolute atomic E-state index is 0.0295. The van der Waals surface area contributed by atoms with Crippen LogP contribution in [0.15, 0.2) is 66.7 Å². The lowest BCUT2D eigenvalue weighted by molar-refractivity contribution is -0.131. The number of aliphatic hydroxyl groups excluding tert-OH is 1. The highest BCUT2D eigenvalue weighted by atomic mass is 16.6. The number of carboxylic acid groups (broad SMARTS) is 1. The van der Waals surface area contributed by atoms with Gasteiger partial charge in [-0.15, -0.1) is 0 Å². The molecular weight excluding hydrogens is 390 g/mol. The van der Waals surface area contributed by atoms with Crippen molar-refractivity contribution in [1.29, 1.82) is 0 Å². The van der Waals surface area contributed by atoms with E-state index >= 15 is 0 Å². The maximum Gasteiger partial charge on any atom is 0.414 e. The van der Waals surface area contributed by atoms with Gasteiger partial charge in [0, 0.05) is 23.1 Å². The summed E-state index contributed by atoms with van der Waals surface area (Å²) in [6.45, 7) is 1.49. The Hall–Kier alpha value is -3.65. The summed E-state index contributed by atoms with van der Waals surface area (Å²) in [7, 11) is 0. The minimum Gasteiger partial charge on any atom is -0.491 e. The maximum atomic E-state index is 12.4. The number of hydrogen-bond acceptors (Lipinski definition) is 6. The lowest BCUT2D eigenvalue weighted by Gasteiger charge is -2.24. The van der Waals surface area contributed by atoms with Gasteiger partial charge in [0.2, 0.25) is 0 Å². The Kier molecular flexibility index (Phi) is 8.58. The van der Waals surface area contributed by atoms with Gasteiger partial charge in [-0.05, 0) is 18.2 Å². The average Bonchev–Trinajstić information content (AvgIpc) is 2.75. The first-order valence-corrected chi connectivity index (χ1v) is 9.23. The fourth-order valence-electron chi connectivity index (χ4n) is 2.69. The Morgan fingerprint density at radius 1 is 1.07 bits per heavy atom. The molecule has 0 bridgehead atoms. The van der Waals surface area contributed by atoms with Crippen molar-refractivity contribution in [3.63, 3.8) is 0 Å². The lowest BCUT2D eigenvalue weighted by atomic mass is 9.96. The molecule has 0 radical (unpaired) electrons. The van der Waals surface area contributed by atoms with E-state index in [1.54, 1.807) is 61.5 Å². The van der Waals surface area contributed by atoms with Crippen molar-refractivity contribution < 1.29 is 34.1 Å². The standard InChI is InChI=1S/C22H23NO7/c1-15(11-12-19(25)26)20(17-9-5-6-10-18(17)29-14-13-24)30-22(28)23-21(27)16-7-3-2-4-8-16/h2-12,15,20,24H,13-14H2,1H3,(H,25,26)(H,23,27,28)/b12-11+/t15-,20+/m0/s1. The topological polar surface area (TPSA) is 122 Å². The van der Waals surface area contributed by atoms with Crippen molar-refractivity contribution in [2.24, 2.45) is 5.92 Å². The number of benzene rings is 2. The van der Waals surface area contributed by atoms with Gasteiger partial charge in [-0.1, -0.05) is 49.4 Å². The molecule has 158 valence electrons. The molecule has 0 saturated heterocycles. The van der Waals surface area contributed by atoms with Crippen LogP contribution in [0.5, 0.6) is 5.75 Å². The summed E-state index contributed by atoms with van der Waals surface area (Å²) in [5, 5.41) is 20.1. The molecule has 0 aliphatic rings. The van der Waals surface area contributed by atoms with Crippen LogP contribution in [-0.4, -0.2) is 41.4 Å². The molecule has 0 fully saturated rings. The predicted octanol–water partition coefficient (Wildman–Crippen LogP) is 2.94. The maximum absolute atomic E-state index is 12.4. The average molecular weight is 413 g/mol. The third-order valence-electron chi connectivity index (χ3n) is 4.08. The van der Waals surface area contributed by atoms with Crippen LogP contribution in [0.3, 0.4) is 0 Å². The normalized spacial score (nSPS) is 12.7. The fourth-order valence-corrected chi connectivity index (χ4v) is 2.69. The number of para-hydroxylation sites is 1. The zero-order valence-corrected chi connectivity index (χ0v) is 16.4. The molecule has 8 nitrogen and oxygen atoms in total. The Morgan fingerprint density at radius 3 is 2.40 bits per heavy atom. The zero-order chi connectivity index (χ0) is 21.9. The van der Waals surface area contributed by atoms with Crippen molar-refractivity contribution in [2.75, 3.05) is 13.2 Å². The third kappa shape index (κ3) is 6.75. The van der Waals surface area contributed by atoms with Gasteiger partial charge in [-0.25, -0.2) is 9.59 Å². The van der Waals surface area contributed by atoms with Crippen molar-refractivity contribution in [2.45, 2.75) is 13.0 Å². The van der Waals surface area contributed by atoms with Gasteiger partial charge < -0.3 is 19.7 Å². The van der Waals surface area contributed by atoms with Crippen LogP contribution in [0.25, 0.3) is 0 Å². The molecule has 0 aliphatic carbocycles. The predicted molar refractivity (Wildman–Crippen MR) is 108 cm³/mol. The number of carboxylic acids is 1. The van der Waals surface area contributed by atoms with E-state index in [2.05, 4.69) is 5.32 Å². The molecule has 2 aromatic carbocycles. The van der Waals surface area contributed by atoms with E-state index in [0.717, 1.165) is 6.08 Å². The second-order valence-corrected chi connectivity index (χ2v) is 6.31. The Balaban J connectivity index is 2.25. The molecule has 30 heavy (non-hydrogen) atoms. The molecule has 0 saturated carbocycles. The van der Waals surface area contributed by atoms with Gasteiger partial charge in [-0.3, -0.25) is 10.1 Å². The highest BCUT2D eigenvalue weighted by Gasteiger charge is 2.26. The summed E-state index contributed by atoms with van der Waals surface area (Å²) in [6, 6.07) is 14.9. The summed E-state index contributed by atoms with van der Waals surface area (Å²) in [5.41, 5.74) is 0.757. The molecule has 0 aromatic heterocycles. The Bertz CT molecular complexity index is 895. The van der Waals surface area contributed by atoms with Crippen LogP contribution in [0.4, 0.5) is 4.79 Å². The Morgan fingerprint density at radius 2 is 1.73 bits per heavy atom. The van der Waals surface area contributed by atoms with Gasteiger partial charge in [-0.2, -0.15) is 0 Å². The molecule has 2 atom stereocenters. The molecule has 2 aromatic rings. The largest absolute Gasteiger partial charge is 0.491 e. The summed E-state index contributed by atoms with van der Waals surface area (Å²) in [6.07, 6.45) is 0.397. The van der Waals surface area contributed by atoms with Crippen LogP contribution >= 0.6 is 0 Å². The summed E-state index contributed by atoms with van der Waals surface area (Å²) < 4.78 is 11.0. The number of imide groups is 1. The van der Waals surface area contributed by atoms with E-state index in [-0.39, 0.29) is 18.8 Å². The highest BCUT2D eigenvalue weighted by Crippen LogP contribution is 2.34. The van der Waals surface area contributed by atoms with Crippen LogP contribution in [-0.2, 0) is 9.53 Å². The molecule has 8 heteroatoms. The quantitative estimate of drug-likeness (QED) is 0.540. The van der Waals surface area contributed by atoms with Gasteiger partial charge in [0.15, 0.2) is 0 Å². The number of rotatable bonds is 9. The lowest BCUT2D eigenvalue weighted by Crippen LogP contribution is -2.33. The molecule has 3 N–H and O–H groups in total. The second kappa shape index (κ2) is 11.4. The number of amides is 2. The molecule has 2 rings (SSSR count). The van der Waals surface area contributed by atoms with E-state index in [1.165, 1.54) is 6.08 Å². The number of hydrogen-bond donors (Lipinski definition) is 3. The van der Waals surface area contributed by atoms with Crippen molar-refractivity contribution in [3.05, 3.63) is 77.9 Å². The summed E-state index contributed by atoms with van der Waals surface area (Å²) in [4.78, 5) is 35.5. The number of carbonyl (C=O) groups is 3. The number of aliphatic carboxylic acids is 1. The minimum atomic E-state index is -1.14. The molecule has 2 amide bonds. The van der Waals surface area contributed by atoms with E-state index in [0.29, 0.717) is 11.3 Å². The van der Waals surface area contributed by atoms with E-state index in [9.17, 15) is 14.4 Å².